The van der Waals surface area contributed by atoms with Crippen molar-refractivity contribution in [2.75, 3.05) is 13.2 Å². The van der Waals surface area contributed by atoms with Crippen LogP contribution in [0.2, 0.25) is 0 Å². The second-order valence-electron chi connectivity index (χ2n) is 7.18. The number of likely N-dealkylation sites (tertiary alicyclic amines) is 1. The van der Waals surface area contributed by atoms with Crippen molar-refractivity contribution in [3.63, 3.8) is 0 Å². The summed E-state index contributed by atoms with van der Waals surface area (Å²) in [5.74, 6) is -3.61. The maximum absolute atomic E-state index is 13.5. The van der Waals surface area contributed by atoms with Gasteiger partial charge in [-0.2, -0.15) is 13.2 Å². The number of nitrogens with one attached hydrogen (secondary N) is 1. The Morgan fingerprint density at radius 3 is 2.38 bits per heavy atom. The monoisotopic (exact) mass is 462 g/mol. The number of hydrogen-bond acceptors (Lipinski definition) is 5. The number of aliphatic carboxylic acids is 1. The highest BCUT2D eigenvalue weighted by molar-refractivity contribution is 5.94. The van der Waals surface area contributed by atoms with Gasteiger partial charge in [-0.05, 0) is 19.3 Å². The predicted octanol–water partition coefficient (Wildman–Crippen LogP) is 2.78. The Morgan fingerprint density at radius 1 is 1.16 bits per heavy atom. The first kappa shape index (κ1) is 25.1. The summed E-state index contributed by atoms with van der Waals surface area (Å²) in [4.78, 5) is 48.5. The average molecular weight is 462 g/mol. The molecule has 1 aromatic rings. The second kappa shape index (κ2) is 10.9. The van der Waals surface area contributed by atoms with Crippen molar-refractivity contribution in [2.24, 2.45) is 0 Å². The van der Waals surface area contributed by atoms with Crippen LogP contribution in [0.15, 0.2) is 30.3 Å². The Hall–Kier alpha value is -3.18. The lowest BCUT2D eigenvalue weighted by Crippen LogP contribution is -2.55. The molecule has 1 fully saturated rings. The molecule has 1 saturated heterocycles. The fourth-order valence-corrected chi connectivity index (χ4v) is 3.32. The molecule has 0 radical (unpaired) electrons. The highest BCUT2D eigenvalue weighted by atomic mass is 19.4. The minimum absolute atomic E-state index is 0.0482. The number of alkyl halides is 4. The molecule has 0 aliphatic carbocycles. The number of rotatable bonds is 8. The van der Waals surface area contributed by atoms with Gasteiger partial charge in [0.05, 0.1) is 6.42 Å². The normalized spacial score (nSPS) is 18.4. The zero-order valence-electron chi connectivity index (χ0n) is 16.8. The van der Waals surface area contributed by atoms with Crippen molar-refractivity contribution in [3.05, 3.63) is 35.9 Å². The predicted molar refractivity (Wildman–Crippen MR) is 101 cm³/mol. The van der Waals surface area contributed by atoms with E-state index in [4.69, 9.17) is 9.84 Å². The third-order valence-corrected chi connectivity index (χ3v) is 4.87. The van der Waals surface area contributed by atoms with Crippen LogP contribution >= 0.6 is 0 Å². The SMILES string of the molecule is O=C(O)CC(NC(=O)[C@@H]1CCCCN1C(=O)O[C@H](c1ccccc1)C(F)(F)F)C(=O)CF. The Morgan fingerprint density at radius 2 is 1.81 bits per heavy atom. The second-order valence-corrected chi connectivity index (χ2v) is 7.18. The number of benzene rings is 1. The van der Waals surface area contributed by atoms with Gasteiger partial charge in [0.25, 0.3) is 0 Å². The largest absolute Gasteiger partial charge is 0.481 e. The zero-order valence-corrected chi connectivity index (χ0v) is 16.8. The molecule has 32 heavy (non-hydrogen) atoms. The number of ether oxygens (including phenoxy) is 1. The van der Waals surface area contributed by atoms with Gasteiger partial charge in [-0.1, -0.05) is 30.3 Å². The number of amides is 2. The van der Waals surface area contributed by atoms with Crippen LogP contribution in [0.3, 0.4) is 0 Å². The number of carbonyl (C=O) groups is 4. The van der Waals surface area contributed by atoms with Gasteiger partial charge in [-0.3, -0.25) is 19.3 Å². The van der Waals surface area contributed by atoms with Gasteiger partial charge >= 0.3 is 18.2 Å². The molecule has 0 saturated carbocycles. The Kier molecular flexibility index (Phi) is 8.56. The summed E-state index contributed by atoms with van der Waals surface area (Å²) < 4.78 is 58.0. The standard InChI is InChI=1S/C20H22F4N2O6/c21-11-15(27)13(10-16(28)29)25-18(30)14-8-4-5-9-26(14)19(31)32-17(20(22,23)24)12-6-2-1-3-7-12/h1-3,6-7,13-14,17H,4-5,8-11H2,(H,25,30)(H,28,29)/t13?,14-,17+/m0/s1. The lowest BCUT2D eigenvalue weighted by molar-refractivity contribution is -0.209. The molecule has 2 rings (SSSR count). The smallest absolute Gasteiger partial charge is 0.429 e. The molecule has 12 heteroatoms. The van der Waals surface area contributed by atoms with Gasteiger partial charge in [-0.15, -0.1) is 0 Å². The number of hydrogen-bond donors (Lipinski definition) is 2. The third kappa shape index (κ3) is 6.66. The summed E-state index contributed by atoms with van der Waals surface area (Å²) >= 11 is 0. The van der Waals surface area contributed by atoms with Crippen molar-refractivity contribution >= 4 is 23.8 Å². The van der Waals surface area contributed by atoms with Gasteiger partial charge in [0.1, 0.15) is 18.8 Å². The van der Waals surface area contributed by atoms with Crippen LogP contribution in [0.25, 0.3) is 0 Å². The van der Waals surface area contributed by atoms with Gasteiger partial charge in [-0.25, -0.2) is 9.18 Å². The Labute approximate surface area is 180 Å². The number of Topliss-reactive ketones (excluding diaryl/α,β-unsaturated/α-hetero) is 1. The molecule has 0 bridgehead atoms. The molecule has 1 unspecified atom stereocenters. The van der Waals surface area contributed by atoms with Crippen LogP contribution in [0.5, 0.6) is 0 Å². The number of carboxylic acids is 1. The van der Waals surface area contributed by atoms with Crippen LogP contribution in [0, 0.1) is 0 Å². The molecule has 176 valence electrons. The molecular weight excluding hydrogens is 440 g/mol. The van der Waals surface area contributed by atoms with Crippen LogP contribution in [0.4, 0.5) is 22.4 Å². The average Bonchev–Trinajstić information content (AvgIpc) is 2.75. The van der Waals surface area contributed by atoms with Crippen molar-refractivity contribution in [2.45, 2.75) is 50.0 Å². The van der Waals surface area contributed by atoms with E-state index in [0.29, 0.717) is 12.8 Å². The van der Waals surface area contributed by atoms with Crippen LogP contribution in [0.1, 0.15) is 37.4 Å². The van der Waals surface area contributed by atoms with Gasteiger partial charge in [0.2, 0.25) is 12.0 Å². The number of carbonyl (C=O) groups excluding carboxylic acids is 3. The molecule has 1 heterocycles. The Balaban J connectivity index is 2.19. The molecule has 1 aliphatic heterocycles. The summed E-state index contributed by atoms with van der Waals surface area (Å²) in [7, 11) is 0. The fourth-order valence-electron chi connectivity index (χ4n) is 3.32. The zero-order chi connectivity index (χ0) is 23.9. The molecule has 2 N–H and O–H groups in total. The van der Waals surface area contributed by atoms with Crippen molar-refractivity contribution in [1.29, 1.82) is 0 Å². The fraction of sp³-hybridized carbons (Fsp3) is 0.500. The number of halogens is 4. The van der Waals surface area contributed by atoms with E-state index in [1.807, 2.05) is 0 Å². The summed E-state index contributed by atoms with van der Waals surface area (Å²) in [6.45, 7) is -1.60. The summed E-state index contributed by atoms with van der Waals surface area (Å²) in [5, 5.41) is 10.9. The van der Waals surface area contributed by atoms with Crippen molar-refractivity contribution in [1.82, 2.24) is 10.2 Å². The minimum Gasteiger partial charge on any atom is -0.481 e. The minimum atomic E-state index is -4.91. The molecule has 8 nitrogen and oxygen atoms in total. The lowest BCUT2D eigenvalue weighted by Gasteiger charge is -2.35. The first-order valence-corrected chi connectivity index (χ1v) is 9.74. The maximum atomic E-state index is 13.5. The molecule has 2 amide bonds. The molecular formula is C20H22F4N2O6. The number of nitrogens with zero attached hydrogens (tertiary/aromatic N) is 1. The summed E-state index contributed by atoms with van der Waals surface area (Å²) in [6, 6.07) is 3.51. The van der Waals surface area contributed by atoms with Crippen LogP contribution < -0.4 is 5.32 Å². The van der Waals surface area contributed by atoms with Crippen molar-refractivity contribution < 1.29 is 46.6 Å². The lowest BCUT2D eigenvalue weighted by atomic mass is 10.0. The highest BCUT2D eigenvalue weighted by Gasteiger charge is 2.46. The molecule has 0 aromatic heterocycles. The highest BCUT2D eigenvalue weighted by Crippen LogP contribution is 2.36. The molecule has 0 spiro atoms. The molecule has 3 atom stereocenters. The van der Waals surface area contributed by atoms with E-state index < -0.39 is 61.2 Å². The number of carboxylic acid groups (broad SMARTS) is 1. The van der Waals surface area contributed by atoms with E-state index in [9.17, 15) is 36.7 Å². The van der Waals surface area contributed by atoms with Crippen LogP contribution in [-0.4, -0.2) is 65.2 Å². The first-order valence-electron chi connectivity index (χ1n) is 9.74. The quantitative estimate of drug-likeness (QED) is 0.575. The topological polar surface area (TPSA) is 113 Å². The number of piperidine rings is 1. The van der Waals surface area contributed by atoms with E-state index in [1.54, 1.807) is 0 Å². The van der Waals surface area contributed by atoms with E-state index in [0.717, 1.165) is 17.0 Å². The van der Waals surface area contributed by atoms with E-state index in [-0.39, 0.29) is 18.5 Å². The van der Waals surface area contributed by atoms with Crippen LogP contribution in [-0.2, 0) is 19.1 Å². The van der Waals surface area contributed by atoms with Crippen molar-refractivity contribution in [3.8, 4) is 0 Å². The van der Waals surface area contributed by atoms with Gasteiger partial charge < -0.3 is 15.2 Å². The summed E-state index contributed by atoms with van der Waals surface area (Å²) in [6.07, 6.45) is -8.85. The summed E-state index contributed by atoms with van der Waals surface area (Å²) in [5.41, 5.74) is -0.304. The van der Waals surface area contributed by atoms with E-state index in [1.165, 1.54) is 18.2 Å². The van der Waals surface area contributed by atoms with Gasteiger partial charge in [0.15, 0.2) is 5.78 Å². The number of ketones is 1. The third-order valence-electron chi connectivity index (χ3n) is 4.87. The van der Waals surface area contributed by atoms with E-state index in [2.05, 4.69) is 5.32 Å². The molecule has 1 aromatic carbocycles. The molecule has 1 aliphatic rings. The van der Waals surface area contributed by atoms with E-state index >= 15 is 0 Å². The first-order chi connectivity index (χ1) is 15.0. The maximum Gasteiger partial charge on any atom is 0.429 e. The Bertz CT molecular complexity index is 833. The van der Waals surface area contributed by atoms with Gasteiger partial charge in [0, 0.05) is 12.1 Å².